The van der Waals surface area contributed by atoms with Gasteiger partial charge in [-0.05, 0) is 6.07 Å². The van der Waals surface area contributed by atoms with E-state index < -0.39 is 93.8 Å². The first-order valence-electron chi connectivity index (χ1n) is 10.4. The molecule has 0 saturated carbocycles. The Labute approximate surface area is 201 Å². The number of aliphatic hydroxyl groups excluding tert-OH is 5. The minimum absolute atomic E-state index is 0.112. The van der Waals surface area contributed by atoms with Crippen LogP contribution in [0.2, 0.25) is 0 Å². The molecule has 0 amide bonds. The number of ether oxygens (including phenoxy) is 2. The molecule has 0 aliphatic carbocycles. The molecule has 18 nitrogen and oxygen atoms in total. The van der Waals surface area contributed by atoms with Crippen molar-refractivity contribution in [3.8, 4) is 0 Å². The fourth-order valence-corrected chi connectivity index (χ4v) is 4.68. The summed E-state index contributed by atoms with van der Waals surface area (Å²) in [4.78, 5) is 37.5. The average molecular weight is 542 g/mol. The maximum atomic E-state index is 12.6. The molecule has 36 heavy (non-hydrogen) atoms. The largest absolute Gasteiger partial charge is 0.477 e. The molecule has 2 aliphatic heterocycles. The molecule has 2 aliphatic rings. The zero-order valence-electron chi connectivity index (χ0n) is 18.4. The fraction of sp³-hybridized carbons (Fsp3) is 0.706. The molecule has 10 atom stereocenters. The van der Waals surface area contributed by atoms with Crippen molar-refractivity contribution in [3.63, 3.8) is 0 Å². The van der Waals surface area contributed by atoms with E-state index in [1.165, 1.54) is 6.07 Å². The van der Waals surface area contributed by atoms with Crippen molar-refractivity contribution in [3.05, 3.63) is 22.7 Å². The summed E-state index contributed by atoms with van der Waals surface area (Å²) in [6.45, 7) is -1.47. The van der Waals surface area contributed by atoms with Crippen molar-refractivity contribution in [1.29, 1.82) is 0 Å². The van der Waals surface area contributed by atoms with Crippen LogP contribution < -0.4 is 17.2 Å². The number of aromatic nitrogens is 2. The Balaban J connectivity index is 1.73. The lowest BCUT2D eigenvalue weighted by Crippen LogP contribution is -2.62. The summed E-state index contributed by atoms with van der Waals surface area (Å²) in [7, 11) is -5.38. The Morgan fingerprint density at radius 3 is 2.56 bits per heavy atom. The summed E-state index contributed by atoms with van der Waals surface area (Å²) >= 11 is 0. The SMILES string of the molecule is NC[C@@H](O)[C@H]1O[C@@](OP(=O)(O)OC[C@H]2O[C@@H](n3ccc(N)nc3=O)[C@H](O)[C@@H]2O)(C(=O)O)C[C@@H](O)[C@H]1O. The minimum Gasteiger partial charge on any atom is -0.477 e. The number of nitrogens with zero attached hydrogens (tertiary/aromatic N) is 2. The molecule has 3 rings (SSSR count). The van der Waals surface area contributed by atoms with Gasteiger partial charge >= 0.3 is 19.5 Å². The van der Waals surface area contributed by atoms with Gasteiger partial charge in [-0.1, -0.05) is 0 Å². The molecule has 204 valence electrons. The molecule has 2 saturated heterocycles. The van der Waals surface area contributed by atoms with Crippen LogP contribution in [0, 0.1) is 0 Å². The Morgan fingerprint density at radius 1 is 1.31 bits per heavy atom. The molecule has 11 N–H and O–H groups in total. The number of phosphoric acid groups is 1. The number of aliphatic hydroxyl groups is 5. The van der Waals surface area contributed by atoms with Gasteiger partial charge in [0.05, 0.1) is 18.8 Å². The number of hydrogen-bond acceptors (Lipinski definition) is 15. The molecule has 0 bridgehead atoms. The molecule has 0 spiro atoms. The highest BCUT2D eigenvalue weighted by Gasteiger charge is 2.57. The summed E-state index contributed by atoms with van der Waals surface area (Å²) in [5, 5.41) is 60.0. The standard InChI is InChI=1S/C17H27N4O14P/c18-4-7(23)13-10(24)6(22)3-17(34-13,15(27)28)35-36(30,31)32-5-8-11(25)12(26)14(33-8)21-2-1-9(19)20-16(21)29/h1-2,6-8,10-14,22-26H,3-5,18H2,(H,27,28)(H,30,31)(H2,19,20,29)/t6-,7-,8-,10-,11-,12-,13-,14-,17+/m1/s1. The second-order valence-electron chi connectivity index (χ2n) is 8.15. The van der Waals surface area contributed by atoms with Crippen molar-refractivity contribution in [2.24, 2.45) is 5.73 Å². The predicted molar refractivity (Wildman–Crippen MR) is 113 cm³/mol. The number of carbonyl (C=O) groups is 1. The summed E-state index contributed by atoms with van der Waals surface area (Å²) in [6, 6.07) is 1.22. The number of rotatable bonds is 9. The third kappa shape index (κ3) is 5.75. The van der Waals surface area contributed by atoms with E-state index in [0.29, 0.717) is 0 Å². The molecule has 19 heteroatoms. The van der Waals surface area contributed by atoms with E-state index in [4.69, 9.17) is 30.0 Å². The highest BCUT2D eigenvalue weighted by molar-refractivity contribution is 7.47. The van der Waals surface area contributed by atoms with Crippen molar-refractivity contribution in [1.82, 2.24) is 9.55 Å². The highest BCUT2D eigenvalue weighted by Crippen LogP contribution is 2.51. The van der Waals surface area contributed by atoms with Crippen LogP contribution in [0.5, 0.6) is 0 Å². The number of aliphatic carboxylic acids is 1. The van der Waals surface area contributed by atoms with Crippen molar-refractivity contribution < 1.29 is 63.4 Å². The van der Waals surface area contributed by atoms with Crippen molar-refractivity contribution in [2.45, 2.75) is 61.2 Å². The maximum Gasteiger partial charge on any atom is 0.475 e. The van der Waals surface area contributed by atoms with E-state index in [9.17, 15) is 49.7 Å². The van der Waals surface area contributed by atoms with E-state index >= 15 is 0 Å². The number of nitrogen functional groups attached to an aromatic ring is 1. The molecule has 1 unspecified atom stereocenters. The van der Waals surface area contributed by atoms with Crippen LogP contribution in [0.3, 0.4) is 0 Å². The van der Waals surface area contributed by atoms with Crippen molar-refractivity contribution >= 4 is 19.6 Å². The Morgan fingerprint density at radius 2 is 1.97 bits per heavy atom. The highest BCUT2D eigenvalue weighted by atomic mass is 31.2. The van der Waals surface area contributed by atoms with Crippen LogP contribution in [0.1, 0.15) is 12.6 Å². The topological polar surface area (TPSA) is 300 Å². The van der Waals surface area contributed by atoms with Gasteiger partial charge in [0.15, 0.2) is 6.23 Å². The molecule has 3 heterocycles. The van der Waals surface area contributed by atoms with Crippen LogP contribution in [0.4, 0.5) is 5.82 Å². The van der Waals surface area contributed by atoms with E-state index in [1.54, 1.807) is 0 Å². The van der Waals surface area contributed by atoms with Crippen LogP contribution in [-0.2, 0) is 27.9 Å². The third-order valence-electron chi connectivity index (χ3n) is 5.61. The number of carboxylic acid groups (broad SMARTS) is 1. The number of anilines is 1. The lowest BCUT2D eigenvalue weighted by atomic mass is 9.92. The molecule has 2 fully saturated rings. The zero-order chi connectivity index (χ0) is 27.0. The fourth-order valence-electron chi connectivity index (χ4n) is 3.73. The number of carboxylic acids is 1. The van der Waals surface area contributed by atoms with Crippen LogP contribution in [0.25, 0.3) is 0 Å². The minimum atomic E-state index is -5.38. The first kappa shape index (κ1) is 28.5. The van der Waals surface area contributed by atoms with Crippen molar-refractivity contribution in [2.75, 3.05) is 18.9 Å². The summed E-state index contributed by atoms with van der Waals surface area (Å²) < 4.78 is 33.2. The van der Waals surface area contributed by atoms with E-state index in [2.05, 4.69) is 4.98 Å². The molecular weight excluding hydrogens is 515 g/mol. The second kappa shape index (κ2) is 10.7. The van der Waals surface area contributed by atoms with E-state index in [1.807, 2.05) is 0 Å². The Hall–Kier alpha value is -2.06. The lowest BCUT2D eigenvalue weighted by molar-refractivity contribution is -0.300. The van der Waals surface area contributed by atoms with E-state index in [-0.39, 0.29) is 5.82 Å². The first-order valence-corrected chi connectivity index (χ1v) is 11.9. The van der Waals surface area contributed by atoms with Gasteiger partial charge in [-0.3, -0.25) is 9.09 Å². The maximum absolute atomic E-state index is 12.6. The normalized spacial score (nSPS) is 37.4. The molecular formula is C17H27N4O14P. The third-order valence-corrected chi connectivity index (χ3v) is 6.61. The van der Waals surface area contributed by atoms with Crippen LogP contribution in [-0.4, -0.2) is 113 Å². The predicted octanol–water partition coefficient (Wildman–Crippen LogP) is -4.81. The smallest absolute Gasteiger partial charge is 0.475 e. The van der Waals surface area contributed by atoms with Gasteiger partial charge in [-0.25, -0.2) is 18.7 Å². The van der Waals surface area contributed by atoms with Gasteiger partial charge in [0, 0.05) is 19.2 Å². The van der Waals surface area contributed by atoms with E-state index in [0.717, 1.165) is 10.8 Å². The van der Waals surface area contributed by atoms with Gasteiger partial charge in [0.2, 0.25) is 0 Å². The average Bonchev–Trinajstić information content (AvgIpc) is 3.07. The lowest BCUT2D eigenvalue weighted by Gasteiger charge is -2.43. The first-order chi connectivity index (χ1) is 16.7. The van der Waals surface area contributed by atoms with Gasteiger partial charge in [-0.15, -0.1) is 0 Å². The van der Waals surface area contributed by atoms with Gasteiger partial charge in [-0.2, -0.15) is 4.98 Å². The Bertz CT molecular complexity index is 1060. The summed E-state index contributed by atoms with van der Waals surface area (Å²) in [5.41, 5.74) is 9.76. The number of nitrogens with two attached hydrogens (primary N) is 2. The summed E-state index contributed by atoms with van der Waals surface area (Å²) in [5.74, 6) is -5.16. The monoisotopic (exact) mass is 542 g/mol. The van der Waals surface area contributed by atoms with Crippen LogP contribution >= 0.6 is 7.82 Å². The molecule has 0 radical (unpaired) electrons. The zero-order valence-corrected chi connectivity index (χ0v) is 19.3. The second-order valence-corrected chi connectivity index (χ2v) is 9.53. The Kier molecular flexibility index (Phi) is 8.50. The summed E-state index contributed by atoms with van der Waals surface area (Å²) in [6.07, 6.45) is -13.5. The molecule has 1 aromatic rings. The van der Waals surface area contributed by atoms with Gasteiger partial charge in [0.25, 0.3) is 5.79 Å². The number of hydrogen-bond donors (Lipinski definition) is 9. The quantitative estimate of drug-likeness (QED) is 0.132. The van der Waals surface area contributed by atoms with Gasteiger partial charge < -0.3 is 56.5 Å². The number of phosphoric ester groups is 1. The molecule has 1 aromatic heterocycles. The molecule has 0 aromatic carbocycles. The van der Waals surface area contributed by atoms with Gasteiger partial charge in [0.1, 0.15) is 36.3 Å². The van der Waals surface area contributed by atoms with Crippen LogP contribution in [0.15, 0.2) is 17.1 Å².